The third kappa shape index (κ3) is 0.797. The van der Waals surface area contributed by atoms with Gasteiger partial charge in [-0.25, -0.2) is 4.98 Å². The number of H-pyrrole nitrogens is 1. The van der Waals surface area contributed by atoms with Crippen LogP contribution >= 0.6 is 0 Å². The Morgan fingerprint density at radius 1 is 1.00 bits per heavy atom. The first kappa shape index (κ1) is 6.65. The number of nitrogens with one attached hydrogen (secondary N) is 1. The van der Waals surface area contributed by atoms with E-state index in [1.807, 2.05) is 0 Å². The van der Waals surface area contributed by atoms with Gasteiger partial charge >= 0.3 is 0 Å². The third-order valence-electron chi connectivity index (χ3n) is 1.41. The maximum atomic E-state index is 5.50. The van der Waals surface area contributed by atoms with Crippen LogP contribution in [0.3, 0.4) is 0 Å². The lowest BCUT2D eigenvalue weighted by molar-refractivity contribution is 1.22. The number of hydrogen-bond acceptors (Lipinski definition) is 6. The molecule has 12 heavy (non-hydrogen) atoms. The molecule has 2 aromatic rings. The van der Waals surface area contributed by atoms with Gasteiger partial charge < -0.3 is 22.2 Å². The highest BCUT2D eigenvalue weighted by Crippen LogP contribution is 2.15. The Hall–Kier alpha value is -2.05. The zero-order valence-corrected chi connectivity index (χ0v) is 6.07. The predicted octanol–water partition coefficient (Wildman–Crippen LogP) is -0.901. The van der Waals surface area contributed by atoms with Crippen LogP contribution in [0.25, 0.3) is 11.2 Å². The lowest BCUT2D eigenvalue weighted by atomic mass is 10.5. The third-order valence-corrected chi connectivity index (χ3v) is 1.41. The molecule has 2 aromatic heterocycles. The summed E-state index contributed by atoms with van der Waals surface area (Å²) >= 11 is 0. The zero-order chi connectivity index (χ0) is 8.72. The van der Waals surface area contributed by atoms with E-state index in [1.165, 1.54) is 0 Å². The smallest absolute Gasteiger partial charge is 0.224 e. The normalized spacial score (nSPS) is 10.7. The molecule has 0 fully saturated rings. The fourth-order valence-corrected chi connectivity index (χ4v) is 0.957. The van der Waals surface area contributed by atoms with E-state index in [0.717, 1.165) is 0 Å². The summed E-state index contributed by atoms with van der Waals surface area (Å²) in [4.78, 5) is 14.1. The Morgan fingerprint density at radius 2 is 1.75 bits per heavy atom. The number of aromatic nitrogens is 4. The molecule has 2 rings (SSSR count). The van der Waals surface area contributed by atoms with E-state index >= 15 is 0 Å². The van der Waals surface area contributed by atoms with E-state index in [4.69, 9.17) is 17.2 Å². The minimum Gasteiger partial charge on any atom is -0.382 e. The van der Waals surface area contributed by atoms with Crippen molar-refractivity contribution in [1.29, 1.82) is 0 Å². The highest BCUT2D eigenvalue weighted by atomic mass is 15.1. The van der Waals surface area contributed by atoms with E-state index in [0.29, 0.717) is 11.2 Å². The molecule has 62 valence electrons. The van der Waals surface area contributed by atoms with Gasteiger partial charge in [-0.05, 0) is 0 Å². The first-order valence-corrected chi connectivity index (χ1v) is 3.21. The predicted molar refractivity (Wildman–Crippen MR) is 44.9 cm³/mol. The molecule has 7 N–H and O–H groups in total. The van der Waals surface area contributed by atoms with Gasteiger partial charge in [0.15, 0.2) is 22.9 Å². The number of nitrogens with zero attached hydrogens (tertiary/aromatic N) is 3. The lowest BCUT2D eigenvalue weighted by Gasteiger charge is -1.93. The van der Waals surface area contributed by atoms with E-state index in [-0.39, 0.29) is 17.7 Å². The van der Waals surface area contributed by atoms with Gasteiger partial charge in [-0.2, -0.15) is 9.97 Å². The number of hydrogen-bond donors (Lipinski definition) is 4. The second-order valence-corrected chi connectivity index (χ2v) is 2.29. The Kier molecular flexibility index (Phi) is 1.09. The Morgan fingerprint density at radius 3 is 2.50 bits per heavy atom. The summed E-state index contributed by atoms with van der Waals surface area (Å²) in [7, 11) is 0. The number of nitrogens with two attached hydrogens (primary N) is 3. The zero-order valence-electron chi connectivity index (χ0n) is 6.07. The van der Waals surface area contributed by atoms with Crippen LogP contribution < -0.4 is 17.2 Å². The van der Waals surface area contributed by atoms with E-state index in [1.54, 1.807) is 0 Å². The van der Waals surface area contributed by atoms with E-state index in [2.05, 4.69) is 19.9 Å². The van der Waals surface area contributed by atoms with Crippen molar-refractivity contribution in [3.63, 3.8) is 0 Å². The average Bonchev–Trinajstić information content (AvgIpc) is 2.29. The molecular weight excluding hydrogens is 158 g/mol. The largest absolute Gasteiger partial charge is 0.382 e. The summed E-state index contributed by atoms with van der Waals surface area (Å²) in [6.07, 6.45) is 0. The summed E-state index contributed by atoms with van der Waals surface area (Å²) in [5.41, 5.74) is 17.1. The Balaban J connectivity index is 2.88. The molecule has 0 amide bonds. The summed E-state index contributed by atoms with van der Waals surface area (Å²) in [5, 5.41) is 0. The monoisotopic (exact) mass is 165 g/mol. The van der Waals surface area contributed by atoms with Crippen molar-refractivity contribution < 1.29 is 0 Å². The number of aromatic amines is 1. The van der Waals surface area contributed by atoms with Gasteiger partial charge in [0.1, 0.15) is 0 Å². The van der Waals surface area contributed by atoms with Crippen LogP contribution in [0.2, 0.25) is 0 Å². The van der Waals surface area contributed by atoms with Gasteiger partial charge in [0.25, 0.3) is 0 Å². The summed E-state index contributed by atoms with van der Waals surface area (Å²) < 4.78 is 0. The minimum atomic E-state index is 0.101. The van der Waals surface area contributed by atoms with Crippen LogP contribution in [0, 0.1) is 0 Å². The molecule has 7 heteroatoms. The molecule has 0 aromatic carbocycles. The van der Waals surface area contributed by atoms with Gasteiger partial charge in [-0.15, -0.1) is 0 Å². The van der Waals surface area contributed by atoms with E-state index < -0.39 is 0 Å². The molecular formula is C5H7N7. The number of nitrogen functional groups attached to an aromatic ring is 3. The van der Waals surface area contributed by atoms with Crippen LogP contribution in [0.15, 0.2) is 0 Å². The molecule has 0 atom stereocenters. The van der Waals surface area contributed by atoms with Gasteiger partial charge in [0.2, 0.25) is 5.95 Å². The van der Waals surface area contributed by atoms with Gasteiger partial charge in [-0.3, -0.25) is 0 Å². The molecule has 0 saturated carbocycles. The highest BCUT2D eigenvalue weighted by Gasteiger charge is 2.06. The Labute approximate surface area is 67.0 Å². The molecule has 0 radical (unpaired) electrons. The van der Waals surface area contributed by atoms with Crippen LogP contribution in [-0.2, 0) is 0 Å². The van der Waals surface area contributed by atoms with Gasteiger partial charge in [0, 0.05) is 0 Å². The average molecular weight is 165 g/mol. The first-order chi connectivity index (χ1) is 5.66. The minimum absolute atomic E-state index is 0.101. The second-order valence-electron chi connectivity index (χ2n) is 2.29. The molecule has 0 bridgehead atoms. The molecule has 0 unspecified atom stereocenters. The number of imidazole rings is 1. The summed E-state index contributed by atoms with van der Waals surface area (Å²) in [6, 6.07) is 0. The van der Waals surface area contributed by atoms with Gasteiger partial charge in [-0.1, -0.05) is 0 Å². The summed E-state index contributed by atoms with van der Waals surface area (Å²) in [6.45, 7) is 0. The quantitative estimate of drug-likeness (QED) is 0.399. The van der Waals surface area contributed by atoms with Crippen molar-refractivity contribution in [1.82, 2.24) is 19.9 Å². The highest BCUT2D eigenvalue weighted by molar-refractivity contribution is 5.83. The van der Waals surface area contributed by atoms with Crippen LogP contribution in [0.1, 0.15) is 0 Å². The second kappa shape index (κ2) is 1.97. The molecule has 0 saturated heterocycles. The Bertz CT molecular complexity index is 431. The van der Waals surface area contributed by atoms with Crippen molar-refractivity contribution in [3.8, 4) is 0 Å². The maximum absolute atomic E-state index is 5.50. The van der Waals surface area contributed by atoms with Crippen molar-refractivity contribution >= 4 is 28.9 Å². The van der Waals surface area contributed by atoms with Crippen LogP contribution in [-0.4, -0.2) is 19.9 Å². The van der Waals surface area contributed by atoms with Crippen LogP contribution in [0.5, 0.6) is 0 Å². The molecule has 2 heterocycles. The topological polar surface area (TPSA) is 133 Å². The molecule has 0 aliphatic rings. The maximum Gasteiger partial charge on any atom is 0.224 e. The SMILES string of the molecule is Nc1nc(N)c2nc(N)[nH]c2n1. The van der Waals surface area contributed by atoms with Crippen molar-refractivity contribution in [2.45, 2.75) is 0 Å². The van der Waals surface area contributed by atoms with Crippen LogP contribution in [0.4, 0.5) is 17.7 Å². The number of fused-ring (bicyclic) bond motifs is 1. The number of anilines is 3. The van der Waals surface area contributed by atoms with Crippen molar-refractivity contribution in [2.75, 3.05) is 17.2 Å². The number of rotatable bonds is 0. The van der Waals surface area contributed by atoms with Gasteiger partial charge in [0.05, 0.1) is 0 Å². The fourth-order valence-electron chi connectivity index (χ4n) is 0.957. The fraction of sp³-hybridized carbons (Fsp3) is 0. The van der Waals surface area contributed by atoms with E-state index in [9.17, 15) is 0 Å². The molecule has 0 aliphatic carbocycles. The molecule has 7 nitrogen and oxygen atoms in total. The lowest BCUT2D eigenvalue weighted by Crippen LogP contribution is -1.99. The standard InChI is InChI=1S/C5H7N7/c6-2-1-3(11-4(7)9-1)12-5(8)10-2/h(H7,6,7,8,9,10,11,12). The first-order valence-electron chi connectivity index (χ1n) is 3.21. The van der Waals surface area contributed by atoms with Crippen molar-refractivity contribution in [2.24, 2.45) is 0 Å². The van der Waals surface area contributed by atoms with Crippen molar-refractivity contribution in [3.05, 3.63) is 0 Å². The summed E-state index contributed by atoms with van der Waals surface area (Å²) in [5.74, 6) is 0.575. The molecule has 0 aliphatic heterocycles. The molecule has 0 spiro atoms.